The maximum atomic E-state index is 8.97. The van der Waals surface area contributed by atoms with Gasteiger partial charge < -0.3 is 5.11 Å². The van der Waals surface area contributed by atoms with Gasteiger partial charge in [0.05, 0.1) is 6.61 Å². The van der Waals surface area contributed by atoms with Crippen LogP contribution in [0.1, 0.15) is 6.92 Å². The number of piperazine rings is 1. The second kappa shape index (κ2) is 4.11. The SMILES string of the molecule is CC1CN(P)C(CO)CN1P. The Balaban J connectivity index is 2.48. The van der Waals surface area contributed by atoms with Gasteiger partial charge in [-0.25, -0.2) is 0 Å². The summed E-state index contributed by atoms with van der Waals surface area (Å²) in [7, 11) is 5.37. The van der Waals surface area contributed by atoms with E-state index in [0.29, 0.717) is 6.04 Å². The van der Waals surface area contributed by atoms with Gasteiger partial charge in [0.25, 0.3) is 0 Å². The van der Waals surface area contributed by atoms with Crippen molar-refractivity contribution in [1.29, 1.82) is 0 Å². The van der Waals surface area contributed by atoms with Crippen molar-refractivity contribution in [3.05, 3.63) is 0 Å². The standard InChI is InChI=1S/C6H16N2OP2/c1-5-2-8(11)6(4-9)3-7(5)10/h5-6,9H,2-4,10-11H2,1H3. The summed E-state index contributed by atoms with van der Waals surface area (Å²) >= 11 is 0. The highest BCUT2D eigenvalue weighted by Crippen LogP contribution is 2.20. The van der Waals surface area contributed by atoms with Crippen molar-refractivity contribution < 1.29 is 5.11 Å². The van der Waals surface area contributed by atoms with Gasteiger partial charge in [0.15, 0.2) is 0 Å². The highest BCUT2D eigenvalue weighted by atomic mass is 31.0. The van der Waals surface area contributed by atoms with Gasteiger partial charge in [-0.05, 0) is 6.92 Å². The molecule has 1 saturated heterocycles. The second-order valence-electron chi connectivity index (χ2n) is 3.08. The normalized spacial score (nSPS) is 36.0. The molecular formula is C6H16N2OP2. The molecule has 0 spiro atoms. The smallest absolute Gasteiger partial charge is 0.0602 e. The maximum Gasteiger partial charge on any atom is 0.0602 e. The predicted molar refractivity (Wildman–Crippen MR) is 53.2 cm³/mol. The van der Waals surface area contributed by atoms with Gasteiger partial charge in [-0.1, -0.05) is 18.8 Å². The Morgan fingerprint density at radius 2 is 2.00 bits per heavy atom. The first kappa shape index (κ1) is 9.83. The van der Waals surface area contributed by atoms with Crippen LogP contribution < -0.4 is 0 Å². The lowest BCUT2D eigenvalue weighted by Crippen LogP contribution is -2.51. The quantitative estimate of drug-likeness (QED) is 0.592. The molecule has 1 N–H and O–H groups in total. The Morgan fingerprint density at radius 3 is 2.55 bits per heavy atom. The number of hydrogen-bond donors (Lipinski definition) is 1. The van der Waals surface area contributed by atoms with Crippen molar-refractivity contribution in [1.82, 2.24) is 9.34 Å². The van der Waals surface area contributed by atoms with E-state index in [-0.39, 0.29) is 12.6 Å². The van der Waals surface area contributed by atoms with Gasteiger partial charge in [0, 0.05) is 25.2 Å². The minimum Gasteiger partial charge on any atom is -0.395 e. The Morgan fingerprint density at radius 1 is 1.36 bits per heavy atom. The summed E-state index contributed by atoms with van der Waals surface area (Å²) in [6.07, 6.45) is 0. The minimum absolute atomic E-state index is 0.237. The van der Waals surface area contributed by atoms with Crippen LogP contribution in [-0.4, -0.2) is 46.2 Å². The molecule has 1 aliphatic heterocycles. The van der Waals surface area contributed by atoms with Crippen LogP contribution in [0.25, 0.3) is 0 Å². The van der Waals surface area contributed by atoms with E-state index in [0.717, 1.165) is 13.1 Å². The highest BCUT2D eigenvalue weighted by molar-refractivity contribution is 7.14. The Hall–Kier alpha value is 0.740. The zero-order chi connectivity index (χ0) is 8.43. The first-order chi connectivity index (χ1) is 5.15. The Labute approximate surface area is 72.6 Å². The van der Waals surface area contributed by atoms with Crippen LogP contribution in [0.5, 0.6) is 0 Å². The van der Waals surface area contributed by atoms with Crippen LogP contribution in [0.3, 0.4) is 0 Å². The van der Waals surface area contributed by atoms with E-state index in [1.165, 1.54) is 0 Å². The van der Waals surface area contributed by atoms with Crippen LogP contribution in [0.2, 0.25) is 0 Å². The van der Waals surface area contributed by atoms with E-state index >= 15 is 0 Å². The van der Waals surface area contributed by atoms with Crippen molar-refractivity contribution in [3.8, 4) is 0 Å². The lowest BCUT2D eigenvalue weighted by Gasteiger charge is -2.40. The molecule has 11 heavy (non-hydrogen) atoms. The molecule has 1 rings (SSSR count). The summed E-state index contributed by atoms with van der Waals surface area (Å²) in [5, 5.41) is 8.97. The summed E-state index contributed by atoms with van der Waals surface area (Å²) in [5.74, 6) is 0. The van der Waals surface area contributed by atoms with E-state index in [1.54, 1.807) is 0 Å². The van der Waals surface area contributed by atoms with Crippen molar-refractivity contribution in [2.75, 3.05) is 19.7 Å². The monoisotopic (exact) mass is 194 g/mol. The average Bonchev–Trinajstić information content (AvgIpc) is 1.97. The molecule has 0 aromatic rings. The lowest BCUT2D eigenvalue weighted by atomic mass is 10.2. The van der Waals surface area contributed by atoms with Crippen LogP contribution in [0, 0.1) is 0 Å². The number of aliphatic hydroxyl groups excluding tert-OH is 1. The van der Waals surface area contributed by atoms with E-state index in [9.17, 15) is 0 Å². The fourth-order valence-electron chi connectivity index (χ4n) is 1.25. The zero-order valence-corrected chi connectivity index (χ0v) is 9.08. The van der Waals surface area contributed by atoms with Crippen molar-refractivity contribution in [2.24, 2.45) is 0 Å². The van der Waals surface area contributed by atoms with Crippen LogP contribution in [0.4, 0.5) is 0 Å². The molecule has 5 heteroatoms. The first-order valence-electron chi connectivity index (χ1n) is 3.78. The van der Waals surface area contributed by atoms with Gasteiger partial charge in [0.1, 0.15) is 0 Å². The fraction of sp³-hybridized carbons (Fsp3) is 1.00. The van der Waals surface area contributed by atoms with Crippen molar-refractivity contribution in [3.63, 3.8) is 0 Å². The third-order valence-corrected chi connectivity index (χ3v) is 3.49. The number of rotatable bonds is 1. The molecule has 1 heterocycles. The summed E-state index contributed by atoms with van der Waals surface area (Å²) < 4.78 is 4.33. The maximum absolute atomic E-state index is 8.97. The number of nitrogens with zero attached hydrogens (tertiary/aromatic N) is 2. The second-order valence-corrected chi connectivity index (χ2v) is 4.41. The third-order valence-electron chi connectivity index (χ3n) is 2.14. The molecular weight excluding hydrogens is 178 g/mol. The van der Waals surface area contributed by atoms with Crippen molar-refractivity contribution >= 4 is 18.8 Å². The number of hydrogen-bond acceptors (Lipinski definition) is 3. The molecule has 0 aromatic heterocycles. The molecule has 0 amide bonds. The summed E-state index contributed by atoms with van der Waals surface area (Å²) in [6.45, 7) is 4.34. The molecule has 66 valence electrons. The number of aliphatic hydroxyl groups is 1. The van der Waals surface area contributed by atoms with Crippen LogP contribution in [0.15, 0.2) is 0 Å². The molecule has 4 unspecified atom stereocenters. The first-order valence-corrected chi connectivity index (χ1v) is 4.82. The zero-order valence-electron chi connectivity index (χ0n) is 6.77. The fourth-order valence-corrected chi connectivity index (χ4v) is 2.08. The van der Waals surface area contributed by atoms with Gasteiger partial charge in [-0.2, -0.15) is 0 Å². The van der Waals surface area contributed by atoms with Crippen LogP contribution >= 0.6 is 18.8 Å². The van der Waals surface area contributed by atoms with Crippen LogP contribution in [-0.2, 0) is 0 Å². The molecule has 3 nitrogen and oxygen atoms in total. The molecule has 0 radical (unpaired) electrons. The lowest BCUT2D eigenvalue weighted by molar-refractivity contribution is 0.117. The van der Waals surface area contributed by atoms with E-state index in [4.69, 9.17) is 5.11 Å². The summed E-state index contributed by atoms with van der Waals surface area (Å²) in [5.41, 5.74) is 0. The molecule has 4 atom stereocenters. The summed E-state index contributed by atoms with van der Waals surface area (Å²) in [4.78, 5) is 0. The minimum atomic E-state index is 0.237. The molecule has 0 aliphatic carbocycles. The predicted octanol–water partition coefficient (Wildman–Crippen LogP) is -0.0664. The molecule has 0 saturated carbocycles. The molecule has 0 bridgehead atoms. The van der Waals surface area contributed by atoms with E-state index in [2.05, 4.69) is 35.0 Å². The van der Waals surface area contributed by atoms with Gasteiger partial charge in [0.2, 0.25) is 0 Å². The molecule has 0 aromatic carbocycles. The van der Waals surface area contributed by atoms with Gasteiger partial charge >= 0.3 is 0 Å². The van der Waals surface area contributed by atoms with E-state index in [1.807, 2.05) is 0 Å². The topological polar surface area (TPSA) is 26.7 Å². The largest absolute Gasteiger partial charge is 0.395 e. The van der Waals surface area contributed by atoms with Crippen molar-refractivity contribution in [2.45, 2.75) is 19.0 Å². The van der Waals surface area contributed by atoms with Gasteiger partial charge in [-0.15, -0.1) is 0 Å². The highest BCUT2D eigenvalue weighted by Gasteiger charge is 2.26. The van der Waals surface area contributed by atoms with E-state index < -0.39 is 0 Å². The summed E-state index contributed by atoms with van der Waals surface area (Å²) in [6, 6.07) is 0.828. The Kier molecular flexibility index (Phi) is 3.67. The average molecular weight is 194 g/mol. The third kappa shape index (κ3) is 2.34. The molecule has 1 fully saturated rings. The Bertz CT molecular complexity index is 136. The molecule has 1 aliphatic rings. The van der Waals surface area contributed by atoms with Gasteiger partial charge in [-0.3, -0.25) is 9.34 Å².